The largest absolute Gasteiger partial charge is 0.388 e. The molecule has 0 spiro atoms. The molecule has 0 amide bonds. The van der Waals surface area contributed by atoms with Gasteiger partial charge < -0.3 is 5.32 Å². The molecule has 0 aromatic heterocycles. The Morgan fingerprint density at radius 2 is 1.82 bits per heavy atom. The maximum atomic E-state index is 4.51. The van der Waals surface area contributed by atoms with Crippen LogP contribution in [0.2, 0.25) is 0 Å². The smallest absolute Gasteiger partial charge is 0.0689 e. The molecular weight excluding hydrogens is 208 g/mol. The highest BCUT2D eigenvalue weighted by Crippen LogP contribution is 2.25. The minimum Gasteiger partial charge on any atom is -0.388 e. The highest BCUT2D eigenvalue weighted by Gasteiger charge is 2.07. The summed E-state index contributed by atoms with van der Waals surface area (Å²) in [7, 11) is 1.93. The second-order valence-electron chi connectivity index (χ2n) is 4.40. The van der Waals surface area contributed by atoms with Gasteiger partial charge in [0.2, 0.25) is 0 Å². The Morgan fingerprint density at radius 3 is 2.24 bits per heavy atom. The first kappa shape index (κ1) is 13.5. The van der Waals surface area contributed by atoms with Crippen LogP contribution in [0.15, 0.2) is 34.8 Å². The van der Waals surface area contributed by atoms with Crippen LogP contribution >= 0.6 is 0 Å². The Kier molecular flexibility index (Phi) is 4.95. The number of hydrogen-bond donors (Lipinski definition) is 1. The van der Waals surface area contributed by atoms with E-state index in [2.05, 4.69) is 55.3 Å². The highest BCUT2D eigenvalue weighted by molar-refractivity contribution is 5.75. The van der Waals surface area contributed by atoms with Gasteiger partial charge in [-0.2, -0.15) is 0 Å². The van der Waals surface area contributed by atoms with Crippen LogP contribution in [0.1, 0.15) is 33.3 Å². The van der Waals surface area contributed by atoms with Gasteiger partial charge in [0.25, 0.3) is 0 Å². The van der Waals surface area contributed by atoms with Crippen LogP contribution in [0.4, 0.5) is 5.69 Å². The van der Waals surface area contributed by atoms with Gasteiger partial charge in [0.1, 0.15) is 0 Å². The molecule has 2 heteroatoms. The van der Waals surface area contributed by atoms with E-state index in [1.165, 1.54) is 11.1 Å². The van der Waals surface area contributed by atoms with Gasteiger partial charge in [0.05, 0.1) is 5.70 Å². The molecule has 0 heterocycles. The minimum absolute atomic E-state index is 0.512. The number of rotatable bonds is 4. The number of benzene rings is 1. The van der Waals surface area contributed by atoms with E-state index in [-0.39, 0.29) is 0 Å². The number of nitrogens with one attached hydrogen (secondary N) is 1. The third-order valence-electron chi connectivity index (χ3n) is 2.94. The maximum Gasteiger partial charge on any atom is 0.0689 e. The van der Waals surface area contributed by atoms with Gasteiger partial charge in [0, 0.05) is 24.5 Å². The van der Waals surface area contributed by atoms with Gasteiger partial charge in [-0.15, -0.1) is 0 Å². The van der Waals surface area contributed by atoms with Crippen LogP contribution in [-0.2, 0) is 0 Å². The van der Waals surface area contributed by atoms with Gasteiger partial charge >= 0.3 is 0 Å². The monoisotopic (exact) mass is 230 g/mol. The first-order valence-corrected chi connectivity index (χ1v) is 6.07. The van der Waals surface area contributed by atoms with Crippen LogP contribution < -0.4 is 5.32 Å². The Hall–Kier alpha value is -1.57. The summed E-state index contributed by atoms with van der Waals surface area (Å²) in [5.41, 5.74) is 4.70. The second-order valence-corrected chi connectivity index (χ2v) is 4.40. The molecule has 0 saturated carbocycles. The number of aliphatic imine (C=N–C) groups is 1. The molecule has 1 aromatic carbocycles. The van der Waals surface area contributed by atoms with Gasteiger partial charge in [-0.3, -0.25) is 4.99 Å². The maximum absolute atomic E-state index is 4.51. The zero-order valence-electron chi connectivity index (χ0n) is 11.4. The molecule has 0 atom stereocenters. The van der Waals surface area contributed by atoms with Crippen molar-refractivity contribution in [2.45, 2.75) is 27.7 Å². The second kappa shape index (κ2) is 6.24. The average Bonchev–Trinajstić information content (AvgIpc) is 2.35. The molecule has 2 nitrogen and oxygen atoms in total. The fourth-order valence-corrected chi connectivity index (χ4v) is 1.60. The molecule has 92 valence electrons. The van der Waals surface area contributed by atoms with Crippen molar-refractivity contribution in [1.82, 2.24) is 0 Å². The lowest BCUT2D eigenvalue weighted by Gasteiger charge is -2.12. The fraction of sp³-hybridized carbons (Fsp3) is 0.400. The molecule has 1 rings (SSSR count). The van der Waals surface area contributed by atoms with Crippen LogP contribution in [0.5, 0.6) is 0 Å². The SMILES string of the molecule is CC=N/C(=C(/C)C(C)C)c1ccc(NC)cc1. The zero-order valence-corrected chi connectivity index (χ0v) is 11.4. The average molecular weight is 230 g/mol. The van der Waals surface area contributed by atoms with E-state index in [1.807, 2.05) is 20.2 Å². The molecule has 1 N–H and O–H groups in total. The molecule has 0 fully saturated rings. The summed E-state index contributed by atoms with van der Waals surface area (Å²) in [4.78, 5) is 4.51. The van der Waals surface area contributed by atoms with Crippen molar-refractivity contribution < 1.29 is 0 Å². The Bertz CT molecular complexity index is 411. The summed E-state index contributed by atoms with van der Waals surface area (Å²) in [5, 5.41) is 3.12. The standard InChI is InChI=1S/C15H22N2/c1-6-17-15(12(4)11(2)3)13-7-9-14(16-5)10-8-13/h6-11,16H,1-5H3/b15-12-,17-6?. The predicted octanol–water partition coefficient (Wildman–Crippen LogP) is 4.21. The van der Waals surface area contributed by atoms with Crippen molar-refractivity contribution in [3.8, 4) is 0 Å². The van der Waals surface area contributed by atoms with Crippen LogP contribution in [-0.4, -0.2) is 13.3 Å². The summed E-state index contributed by atoms with van der Waals surface area (Å²) < 4.78 is 0. The third-order valence-corrected chi connectivity index (χ3v) is 2.94. The zero-order chi connectivity index (χ0) is 12.8. The van der Waals surface area contributed by atoms with E-state index in [0.717, 1.165) is 11.4 Å². The lowest BCUT2D eigenvalue weighted by atomic mass is 9.99. The topological polar surface area (TPSA) is 24.4 Å². The van der Waals surface area contributed by atoms with Crippen molar-refractivity contribution in [2.24, 2.45) is 10.9 Å². The van der Waals surface area contributed by atoms with Gasteiger partial charge in [-0.05, 0) is 37.5 Å². The molecule has 0 aliphatic carbocycles. The normalized spacial score (nSPS) is 13.1. The van der Waals surface area contributed by atoms with Crippen molar-refractivity contribution in [1.29, 1.82) is 0 Å². The van der Waals surface area contributed by atoms with E-state index in [9.17, 15) is 0 Å². The first-order valence-electron chi connectivity index (χ1n) is 6.07. The molecule has 0 unspecified atom stereocenters. The number of nitrogens with zero attached hydrogens (tertiary/aromatic N) is 1. The van der Waals surface area contributed by atoms with Crippen LogP contribution in [0.3, 0.4) is 0 Å². The third kappa shape index (κ3) is 3.45. The molecular formula is C15H22N2. The van der Waals surface area contributed by atoms with E-state index >= 15 is 0 Å². The molecule has 0 radical (unpaired) electrons. The summed E-state index contributed by atoms with van der Waals surface area (Å²) in [6.45, 7) is 8.50. The molecule has 0 saturated heterocycles. The lowest BCUT2D eigenvalue weighted by molar-refractivity contribution is 0.770. The molecule has 1 aromatic rings. The van der Waals surface area contributed by atoms with Crippen LogP contribution in [0, 0.1) is 5.92 Å². The minimum atomic E-state index is 0.512. The Morgan fingerprint density at radius 1 is 1.24 bits per heavy atom. The van der Waals surface area contributed by atoms with Crippen molar-refractivity contribution in [3.63, 3.8) is 0 Å². The van der Waals surface area contributed by atoms with Crippen LogP contribution in [0.25, 0.3) is 5.70 Å². The van der Waals surface area contributed by atoms with Gasteiger partial charge in [-0.1, -0.05) is 26.0 Å². The first-order chi connectivity index (χ1) is 8.10. The molecule has 0 bridgehead atoms. The van der Waals surface area contributed by atoms with E-state index < -0.39 is 0 Å². The molecule has 17 heavy (non-hydrogen) atoms. The van der Waals surface area contributed by atoms with E-state index in [0.29, 0.717) is 5.92 Å². The number of allylic oxidation sites excluding steroid dienone is 1. The highest BCUT2D eigenvalue weighted by atomic mass is 14.8. The summed E-state index contributed by atoms with van der Waals surface area (Å²) in [5.74, 6) is 0.512. The summed E-state index contributed by atoms with van der Waals surface area (Å²) in [6.07, 6.45) is 1.85. The van der Waals surface area contributed by atoms with Gasteiger partial charge in [-0.25, -0.2) is 0 Å². The molecule has 0 aliphatic heterocycles. The van der Waals surface area contributed by atoms with Crippen molar-refractivity contribution in [3.05, 3.63) is 35.4 Å². The van der Waals surface area contributed by atoms with Crippen molar-refractivity contribution in [2.75, 3.05) is 12.4 Å². The Balaban J connectivity index is 3.19. The summed E-state index contributed by atoms with van der Waals surface area (Å²) >= 11 is 0. The van der Waals surface area contributed by atoms with E-state index in [4.69, 9.17) is 0 Å². The fourth-order valence-electron chi connectivity index (χ4n) is 1.60. The quantitative estimate of drug-likeness (QED) is 0.770. The lowest BCUT2D eigenvalue weighted by Crippen LogP contribution is -1.95. The number of anilines is 1. The summed E-state index contributed by atoms with van der Waals surface area (Å²) in [6, 6.07) is 8.38. The predicted molar refractivity (Wildman–Crippen MR) is 77.6 cm³/mol. The van der Waals surface area contributed by atoms with Crippen molar-refractivity contribution >= 4 is 17.6 Å². The Labute approximate surface area is 104 Å². The van der Waals surface area contributed by atoms with Gasteiger partial charge in [0.15, 0.2) is 0 Å². The van der Waals surface area contributed by atoms with E-state index in [1.54, 1.807) is 0 Å². The number of hydrogen-bond acceptors (Lipinski definition) is 2. The molecule has 0 aliphatic rings.